The van der Waals surface area contributed by atoms with Crippen molar-refractivity contribution in [2.45, 2.75) is 13.8 Å². The molecular formula is C11H13FN4O. The van der Waals surface area contributed by atoms with E-state index in [0.717, 1.165) is 0 Å². The Hall–Kier alpha value is -2.11. The lowest BCUT2D eigenvalue weighted by Gasteiger charge is -2.07. The molecule has 2 aromatic rings. The average Bonchev–Trinajstić information content (AvgIpc) is 2.57. The van der Waals surface area contributed by atoms with Crippen molar-refractivity contribution in [3.05, 3.63) is 29.5 Å². The molecule has 0 bridgehead atoms. The predicted octanol–water partition coefficient (Wildman–Crippen LogP) is 1.61. The summed E-state index contributed by atoms with van der Waals surface area (Å²) in [5, 5.41) is 4.18. The third-order valence-electron chi connectivity index (χ3n) is 2.61. The van der Waals surface area contributed by atoms with Crippen molar-refractivity contribution < 1.29 is 9.13 Å². The molecule has 2 N–H and O–H groups in total. The van der Waals surface area contributed by atoms with Gasteiger partial charge in [0.2, 0.25) is 5.82 Å². The first-order valence-corrected chi connectivity index (χ1v) is 5.06. The molecule has 0 saturated carbocycles. The van der Waals surface area contributed by atoms with E-state index in [9.17, 15) is 4.39 Å². The first-order valence-electron chi connectivity index (χ1n) is 5.06. The molecule has 6 heteroatoms. The predicted molar refractivity (Wildman–Crippen MR) is 61.8 cm³/mol. The number of halogens is 1. The second kappa shape index (κ2) is 4.04. The Balaban J connectivity index is 2.64. The highest BCUT2D eigenvalue weighted by Gasteiger charge is 2.16. The smallest absolute Gasteiger partial charge is 0.252 e. The molecular weight excluding hydrogens is 223 g/mol. The number of ether oxygens (including phenoxy) is 1. The van der Waals surface area contributed by atoms with Crippen molar-refractivity contribution in [1.29, 1.82) is 0 Å². The summed E-state index contributed by atoms with van der Waals surface area (Å²) in [6.45, 7) is 3.55. The first-order chi connectivity index (χ1) is 8.06. The summed E-state index contributed by atoms with van der Waals surface area (Å²) < 4.78 is 20.3. The Labute approximate surface area is 98.0 Å². The Morgan fingerprint density at radius 2 is 2.12 bits per heavy atom. The monoisotopic (exact) mass is 236 g/mol. The fraction of sp³-hybridized carbons (Fsp3) is 0.273. The van der Waals surface area contributed by atoms with Gasteiger partial charge < -0.3 is 10.5 Å². The zero-order chi connectivity index (χ0) is 12.6. The maximum absolute atomic E-state index is 14.0. The highest BCUT2D eigenvalue weighted by molar-refractivity contribution is 5.51. The van der Waals surface area contributed by atoms with Crippen molar-refractivity contribution in [1.82, 2.24) is 14.8 Å². The topological polar surface area (TPSA) is 66.0 Å². The molecule has 0 aliphatic rings. The van der Waals surface area contributed by atoms with E-state index in [1.807, 2.05) is 0 Å². The molecule has 0 radical (unpaired) electrons. The zero-order valence-electron chi connectivity index (χ0n) is 9.86. The third kappa shape index (κ3) is 1.71. The molecule has 0 unspecified atom stereocenters. The molecule has 5 nitrogen and oxygen atoms in total. The Morgan fingerprint density at radius 1 is 1.41 bits per heavy atom. The number of nitrogens with zero attached hydrogens (tertiary/aromatic N) is 3. The fourth-order valence-corrected chi connectivity index (χ4v) is 1.61. The largest absolute Gasteiger partial charge is 0.479 e. The average molecular weight is 236 g/mol. The van der Waals surface area contributed by atoms with E-state index in [0.29, 0.717) is 17.1 Å². The number of methoxy groups -OCH3 is 1. The van der Waals surface area contributed by atoms with E-state index in [-0.39, 0.29) is 11.6 Å². The minimum atomic E-state index is -0.555. The van der Waals surface area contributed by atoms with Gasteiger partial charge in [0, 0.05) is 6.20 Å². The van der Waals surface area contributed by atoms with Crippen LogP contribution in [0, 0.1) is 19.7 Å². The summed E-state index contributed by atoms with van der Waals surface area (Å²) in [6, 6.07) is 1.52. The van der Waals surface area contributed by atoms with Gasteiger partial charge in [-0.25, -0.2) is 9.67 Å². The lowest BCUT2D eigenvalue weighted by Crippen LogP contribution is -2.05. The van der Waals surface area contributed by atoms with Gasteiger partial charge in [-0.05, 0) is 19.9 Å². The standard InChI is InChI=1S/C11H13FN4O/c1-6-10(13)7(2)16(15-6)8-4-5-14-11(17-3)9(8)12/h4-5H,13H2,1-3H3. The van der Waals surface area contributed by atoms with Crippen LogP contribution in [-0.2, 0) is 0 Å². The number of nitrogens with two attached hydrogens (primary N) is 1. The lowest BCUT2D eigenvalue weighted by atomic mass is 10.3. The molecule has 2 heterocycles. The second-order valence-corrected chi connectivity index (χ2v) is 3.65. The Bertz CT molecular complexity index is 565. The molecule has 0 atom stereocenters. The molecule has 17 heavy (non-hydrogen) atoms. The number of aryl methyl sites for hydroxylation is 1. The molecule has 0 fully saturated rings. The van der Waals surface area contributed by atoms with Crippen LogP contribution < -0.4 is 10.5 Å². The van der Waals surface area contributed by atoms with Crippen molar-refractivity contribution in [2.24, 2.45) is 0 Å². The van der Waals surface area contributed by atoms with Crippen LogP contribution in [-0.4, -0.2) is 21.9 Å². The molecule has 2 aromatic heterocycles. The summed E-state index contributed by atoms with van der Waals surface area (Å²) in [7, 11) is 1.37. The molecule has 2 rings (SSSR count). The summed E-state index contributed by atoms with van der Waals surface area (Å²) in [5.74, 6) is -0.616. The first kappa shape index (κ1) is 11.4. The van der Waals surface area contributed by atoms with Crippen molar-refractivity contribution >= 4 is 5.69 Å². The normalized spacial score (nSPS) is 10.6. The fourth-order valence-electron chi connectivity index (χ4n) is 1.61. The van der Waals surface area contributed by atoms with Crippen LogP contribution in [0.1, 0.15) is 11.4 Å². The molecule has 0 saturated heterocycles. The minimum Gasteiger partial charge on any atom is -0.479 e. The van der Waals surface area contributed by atoms with Crippen LogP contribution in [0.2, 0.25) is 0 Å². The number of hydrogen-bond donors (Lipinski definition) is 1. The molecule has 0 aliphatic heterocycles. The quantitative estimate of drug-likeness (QED) is 0.860. The van der Waals surface area contributed by atoms with Crippen LogP contribution >= 0.6 is 0 Å². The number of aromatic nitrogens is 3. The minimum absolute atomic E-state index is 0.0615. The summed E-state index contributed by atoms with van der Waals surface area (Å²) in [4.78, 5) is 3.77. The number of rotatable bonds is 2. The number of nitrogen functional groups attached to an aromatic ring is 1. The zero-order valence-corrected chi connectivity index (χ0v) is 9.86. The van der Waals surface area contributed by atoms with Crippen LogP contribution in [0.4, 0.5) is 10.1 Å². The van der Waals surface area contributed by atoms with E-state index in [1.54, 1.807) is 13.8 Å². The third-order valence-corrected chi connectivity index (χ3v) is 2.61. The van der Waals surface area contributed by atoms with Gasteiger partial charge in [-0.3, -0.25) is 0 Å². The highest BCUT2D eigenvalue weighted by Crippen LogP contribution is 2.24. The number of anilines is 1. The summed E-state index contributed by atoms with van der Waals surface area (Å²) in [6.07, 6.45) is 1.46. The van der Waals surface area contributed by atoms with Crippen molar-refractivity contribution in [2.75, 3.05) is 12.8 Å². The maximum Gasteiger partial charge on any atom is 0.252 e. The number of hydrogen-bond acceptors (Lipinski definition) is 4. The van der Waals surface area contributed by atoms with Crippen molar-refractivity contribution in [3.8, 4) is 11.6 Å². The molecule has 0 aromatic carbocycles. The van der Waals surface area contributed by atoms with Crippen LogP contribution in [0.3, 0.4) is 0 Å². The molecule has 90 valence electrons. The molecule has 0 aliphatic carbocycles. The van der Waals surface area contributed by atoms with Crippen LogP contribution in [0.25, 0.3) is 5.69 Å². The van der Waals surface area contributed by atoms with Crippen LogP contribution in [0.5, 0.6) is 5.88 Å². The van der Waals surface area contributed by atoms with E-state index in [2.05, 4.69) is 10.1 Å². The van der Waals surface area contributed by atoms with Gasteiger partial charge in [-0.1, -0.05) is 0 Å². The molecule has 0 amide bonds. The number of pyridine rings is 1. The maximum atomic E-state index is 14.0. The van der Waals surface area contributed by atoms with Gasteiger partial charge in [-0.2, -0.15) is 9.49 Å². The SMILES string of the molecule is COc1nccc(-n2nc(C)c(N)c2C)c1F. The molecule has 0 spiro atoms. The van der Waals surface area contributed by atoms with Crippen molar-refractivity contribution in [3.63, 3.8) is 0 Å². The summed E-state index contributed by atoms with van der Waals surface area (Å²) >= 11 is 0. The van der Waals surface area contributed by atoms with Gasteiger partial charge >= 0.3 is 0 Å². The highest BCUT2D eigenvalue weighted by atomic mass is 19.1. The van der Waals surface area contributed by atoms with E-state index in [4.69, 9.17) is 10.5 Å². The van der Waals surface area contributed by atoms with E-state index in [1.165, 1.54) is 24.1 Å². The lowest BCUT2D eigenvalue weighted by molar-refractivity contribution is 0.367. The van der Waals surface area contributed by atoms with Gasteiger partial charge in [0.15, 0.2) is 0 Å². The van der Waals surface area contributed by atoms with Gasteiger partial charge in [0.25, 0.3) is 5.88 Å². The van der Waals surface area contributed by atoms with Gasteiger partial charge in [0.1, 0.15) is 5.69 Å². The van der Waals surface area contributed by atoms with Gasteiger partial charge in [-0.15, -0.1) is 0 Å². The van der Waals surface area contributed by atoms with E-state index >= 15 is 0 Å². The Kier molecular flexibility index (Phi) is 2.71. The second-order valence-electron chi connectivity index (χ2n) is 3.65. The summed E-state index contributed by atoms with van der Waals surface area (Å²) in [5.41, 5.74) is 7.99. The van der Waals surface area contributed by atoms with E-state index < -0.39 is 5.82 Å². The van der Waals surface area contributed by atoms with Gasteiger partial charge in [0.05, 0.1) is 24.2 Å². The Morgan fingerprint density at radius 3 is 2.65 bits per heavy atom. The van der Waals surface area contributed by atoms with Crippen LogP contribution in [0.15, 0.2) is 12.3 Å².